The summed E-state index contributed by atoms with van der Waals surface area (Å²) in [6.45, 7) is 97.2. The SMILES string of the molecule is C.C.C.C.C.C.C.C.CC(C)CCC(=O)OCC(C)C.CC(C)CCCC(=O)CC(C)C.CC(C)CCOC(=O)OC(C)C.CC(C)CNC(=O)C(C)CC(C)C.CC(C)CNC(C)C.CC(C)COCCCCNC(C)C.CC(C)NCC(=O)OC(C)C.CC(C)NCCOC(C)C.CC(C)OC(=O)COC(=O)CCCC(C)(C)C.CC(C)OC(=O)COCCCCC(C)(C)C. The molecule has 812 valence electrons. The van der Waals surface area contributed by atoms with Crippen molar-refractivity contribution in [2.24, 2.45) is 70.0 Å². The lowest BCUT2D eigenvalue weighted by Crippen LogP contribution is -2.32. The molecule has 0 aliphatic carbocycles. The average molecular weight is 1910 g/mol. The van der Waals surface area contributed by atoms with Crippen LogP contribution in [0.3, 0.4) is 0 Å². The van der Waals surface area contributed by atoms with Crippen LogP contribution in [0.2, 0.25) is 0 Å². The number of carbonyl (C=O) groups is 8. The van der Waals surface area contributed by atoms with Crippen molar-refractivity contribution in [3.8, 4) is 0 Å². The van der Waals surface area contributed by atoms with Crippen LogP contribution < -0.4 is 26.6 Å². The fourth-order valence-corrected chi connectivity index (χ4v) is 9.23. The molecule has 0 rings (SSSR count). The molecule has 0 saturated heterocycles. The minimum atomic E-state index is -0.564. The van der Waals surface area contributed by atoms with Crippen LogP contribution in [0.5, 0.6) is 0 Å². The number of rotatable bonds is 53. The molecule has 0 spiro atoms. The third-order valence-electron chi connectivity index (χ3n) is 15.4. The largest absolute Gasteiger partial charge is 0.508 e. The van der Waals surface area contributed by atoms with Gasteiger partial charge in [-0.25, -0.2) is 14.4 Å². The van der Waals surface area contributed by atoms with E-state index < -0.39 is 12.1 Å². The zero-order chi connectivity index (χ0) is 98.7. The molecule has 0 aromatic rings. The van der Waals surface area contributed by atoms with Gasteiger partial charge < -0.3 is 74.0 Å². The van der Waals surface area contributed by atoms with Crippen LogP contribution in [-0.2, 0) is 80.9 Å². The van der Waals surface area contributed by atoms with Gasteiger partial charge in [0.2, 0.25) is 5.91 Å². The van der Waals surface area contributed by atoms with Gasteiger partial charge in [0.15, 0.2) is 6.61 Å². The van der Waals surface area contributed by atoms with Crippen molar-refractivity contribution in [2.75, 3.05) is 85.6 Å². The van der Waals surface area contributed by atoms with E-state index in [1.54, 1.807) is 27.7 Å². The van der Waals surface area contributed by atoms with E-state index in [0.29, 0.717) is 122 Å². The van der Waals surface area contributed by atoms with Crippen LogP contribution in [0, 0.1) is 70.0 Å². The first-order chi connectivity index (χ1) is 56.9. The average Bonchev–Trinajstić information content (AvgIpc) is 1.02. The van der Waals surface area contributed by atoms with Crippen molar-refractivity contribution in [1.82, 2.24) is 26.6 Å². The van der Waals surface area contributed by atoms with Gasteiger partial charge in [0.1, 0.15) is 12.4 Å². The molecular formula is C109H243N5O18. The maximum absolute atomic E-state index is 11.5. The standard InChI is InChI=1S/C13H24O4.C13H26O3.C11H23NO.C11H25NO.C11H22O.C10H20O2.C9H18O3.C8H17NO2.C8H19NO.C7H17N.8CH4/c1-10(2)17-12(15)9-16-11(14)7-6-8-13(3,4)5;1-11(2)16-12(14)10-15-9-7-6-8-13(3,4)5;1-8(2)6-10(5)11(13)12-7-9(3)4;1-10(2)9-13-8-6-5-7-12-11(3)4;1-9(2)6-5-7-11(12)8-10(3)4;1-8(2)5-6-10(11)12-7-9(3)4;1-7(2)5-6-11-9(10)12-8(3)4;1-6(2)9-5-8(10)11-7(3)4;1-7(2)9-5-6-10-8(3)4;1-6(2)5-8-7(3)4;;;;;;;;/h10H,6-9H2,1-5H3;11H,6-10H2,1-5H3;8-10H,6-7H2,1-5H3,(H,12,13);10-12H,5-9H2,1-4H3;9-10H,5-8H2,1-4H3;8-9H,5-7H2,1-4H3;7-8H,5-6H2,1-4H3;6-7,9H,5H2,1-4H3;7-9H,5-6H2,1-4H3;6-8H,5H2,1-4H3;8*1H4. The molecule has 23 nitrogen and oxygen atoms in total. The van der Waals surface area contributed by atoms with Gasteiger partial charge in [-0.1, -0.05) is 301 Å². The Hall–Kier alpha value is -4.52. The molecule has 1 amide bonds. The summed E-state index contributed by atoms with van der Waals surface area (Å²) in [5.41, 5.74) is 0.605. The van der Waals surface area contributed by atoms with Crippen LogP contribution in [0.1, 0.15) is 460 Å². The van der Waals surface area contributed by atoms with Crippen molar-refractivity contribution in [3.63, 3.8) is 0 Å². The number of hydrogen-bond donors (Lipinski definition) is 5. The van der Waals surface area contributed by atoms with E-state index in [-0.39, 0.29) is 138 Å². The lowest BCUT2D eigenvalue weighted by atomic mass is 9.90. The number of carbonyl (C=O) groups excluding carboxylic acids is 8. The van der Waals surface area contributed by atoms with Crippen molar-refractivity contribution < 1.29 is 85.7 Å². The van der Waals surface area contributed by atoms with Gasteiger partial charge in [-0.15, -0.1) is 0 Å². The summed E-state index contributed by atoms with van der Waals surface area (Å²) in [7, 11) is 0. The van der Waals surface area contributed by atoms with E-state index in [2.05, 4.69) is 234 Å². The van der Waals surface area contributed by atoms with E-state index in [1.807, 2.05) is 62.3 Å². The molecule has 0 bridgehead atoms. The summed E-state index contributed by atoms with van der Waals surface area (Å²) in [4.78, 5) is 88.9. The first kappa shape index (κ1) is 170. The number of hydrogen-bond acceptors (Lipinski definition) is 22. The summed E-state index contributed by atoms with van der Waals surface area (Å²) in [5.74, 6) is 4.83. The Bertz CT molecular complexity index is 2300. The van der Waals surface area contributed by atoms with Crippen molar-refractivity contribution in [1.29, 1.82) is 0 Å². The number of nitrogens with one attached hydrogen (secondary N) is 5. The minimum absolute atomic E-state index is 0. The Morgan fingerprint density at radius 3 is 1.09 bits per heavy atom. The number of amides is 1. The summed E-state index contributed by atoms with van der Waals surface area (Å²) in [6, 6.07) is 2.14. The van der Waals surface area contributed by atoms with Gasteiger partial charge in [0.05, 0.1) is 56.9 Å². The highest BCUT2D eigenvalue weighted by Crippen LogP contribution is 2.23. The number of Topliss-reactive ketones (excluding diaryl/α,β-unsaturated/α-hetero) is 1. The second-order valence-electron chi connectivity index (χ2n) is 41.1. The Kier molecular flexibility index (Phi) is 146. The zero-order valence-electron chi connectivity index (χ0n) is 89.3. The Morgan fingerprint density at radius 2 is 0.705 bits per heavy atom. The Labute approximate surface area is 825 Å². The number of ketones is 1. The smallest absolute Gasteiger partial charge is 0.465 e. The molecule has 0 aromatic carbocycles. The van der Waals surface area contributed by atoms with Gasteiger partial charge in [0.25, 0.3) is 0 Å². The molecule has 0 saturated carbocycles. The van der Waals surface area contributed by atoms with Crippen molar-refractivity contribution in [3.05, 3.63) is 0 Å². The molecule has 5 N–H and O–H groups in total. The van der Waals surface area contributed by atoms with E-state index >= 15 is 0 Å². The topological polar surface area (TPSA) is 289 Å². The highest BCUT2D eigenvalue weighted by Gasteiger charge is 2.17. The molecule has 0 aliphatic rings. The highest BCUT2D eigenvalue weighted by molar-refractivity contribution is 5.79. The first-order valence-electron chi connectivity index (χ1n) is 48.1. The number of esters is 5. The van der Waals surface area contributed by atoms with Gasteiger partial charge in [-0.2, -0.15) is 0 Å². The number of ether oxygens (including phenoxy) is 10. The van der Waals surface area contributed by atoms with Crippen LogP contribution in [-0.4, -0.2) is 188 Å². The Balaban J connectivity index is -0.0000000683. The van der Waals surface area contributed by atoms with Gasteiger partial charge in [0, 0.05) is 88.7 Å². The number of unbranched alkanes of at least 4 members (excludes halogenated alkanes) is 2. The highest BCUT2D eigenvalue weighted by atomic mass is 16.7. The van der Waals surface area contributed by atoms with E-state index in [4.69, 9.17) is 47.4 Å². The van der Waals surface area contributed by atoms with E-state index in [1.165, 1.54) is 25.7 Å². The Morgan fingerprint density at radius 1 is 0.295 bits per heavy atom. The quantitative estimate of drug-likeness (QED) is 0.0215. The molecule has 1 atom stereocenters. The fraction of sp³-hybridized carbons (Fsp3) is 0.927. The van der Waals surface area contributed by atoms with Gasteiger partial charge in [-0.05, 0) is 211 Å². The normalized spacial score (nSPS) is 10.8. The summed E-state index contributed by atoms with van der Waals surface area (Å²) < 4.78 is 50.1. The minimum Gasteiger partial charge on any atom is -0.465 e. The lowest BCUT2D eigenvalue weighted by Gasteiger charge is -2.17. The molecule has 1 unspecified atom stereocenters. The van der Waals surface area contributed by atoms with Crippen LogP contribution in [0.15, 0.2) is 0 Å². The van der Waals surface area contributed by atoms with Crippen molar-refractivity contribution in [2.45, 2.75) is 515 Å². The molecule has 132 heavy (non-hydrogen) atoms. The first-order valence-corrected chi connectivity index (χ1v) is 48.1. The molecule has 0 aromatic heterocycles. The molecule has 0 fully saturated rings. The summed E-state index contributed by atoms with van der Waals surface area (Å²) in [6.07, 6.45) is 14.4. The predicted molar refractivity (Wildman–Crippen MR) is 576 cm³/mol. The van der Waals surface area contributed by atoms with Crippen molar-refractivity contribution >= 4 is 47.7 Å². The van der Waals surface area contributed by atoms with E-state index in [9.17, 15) is 38.4 Å². The molecular weight excluding hydrogens is 1670 g/mol. The third kappa shape index (κ3) is 196. The van der Waals surface area contributed by atoms with Gasteiger partial charge in [-0.3, -0.25) is 24.0 Å². The molecule has 0 heterocycles. The van der Waals surface area contributed by atoms with Crippen LogP contribution in [0.4, 0.5) is 4.79 Å². The molecule has 23 heteroatoms. The fourth-order valence-electron chi connectivity index (χ4n) is 9.23. The summed E-state index contributed by atoms with van der Waals surface area (Å²) >= 11 is 0. The predicted octanol–water partition coefficient (Wildman–Crippen LogP) is 28.5. The maximum atomic E-state index is 11.5. The van der Waals surface area contributed by atoms with Crippen LogP contribution >= 0.6 is 0 Å². The molecule has 0 aliphatic heterocycles. The third-order valence-corrected chi connectivity index (χ3v) is 15.4. The molecule has 0 radical (unpaired) electrons. The lowest BCUT2D eigenvalue weighted by molar-refractivity contribution is -0.161. The van der Waals surface area contributed by atoms with Crippen LogP contribution in [0.25, 0.3) is 0 Å². The second kappa shape index (κ2) is 113. The van der Waals surface area contributed by atoms with Gasteiger partial charge >= 0.3 is 36.0 Å². The maximum Gasteiger partial charge on any atom is 0.508 e. The van der Waals surface area contributed by atoms with E-state index in [0.717, 1.165) is 122 Å². The zero-order valence-corrected chi connectivity index (χ0v) is 89.3. The summed E-state index contributed by atoms with van der Waals surface area (Å²) in [5, 5.41) is 15.9. The second-order valence-corrected chi connectivity index (χ2v) is 41.1. The monoisotopic (exact) mass is 1910 g/mol.